The number of carbonyl (C=O) groups excluding carboxylic acids is 2. The standard InChI is InChI=1S/C29H29F2N7O2/c1-17-5-6-20(16-38(17)28(40)21-14-29(30,31)15-21)26-36-23(24-25(32)34-12-13-37(24)26)18-7-9-19(10-8-18)27(39)35-22-4-2-3-11-33-22/h2-4,7-13,17,20-21H,5-6,14-16H2,1H3,(H2,32,34)(H,33,35,39)/t17-,20+/m1/s1. The van der Waals surface area contributed by atoms with Crippen molar-refractivity contribution in [1.82, 2.24) is 24.3 Å². The van der Waals surface area contributed by atoms with Crippen molar-refractivity contribution in [2.24, 2.45) is 5.92 Å². The summed E-state index contributed by atoms with van der Waals surface area (Å²) < 4.78 is 28.8. The molecule has 1 aliphatic heterocycles. The van der Waals surface area contributed by atoms with Crippen LogP contribution >= 0.6 is 0 Å². The second-order valence-corrected chi connectivity index (χ2v) is 10.7. The lowest BCUT2D eigenvalue weighted by molar-refractivity contribution is -0.163. The average molecular weight is 546 g/mol. The number of rotatable bonds is 5. The van der Waals surface area contributed by atoms with Crippen LogP contribution in [0.3, 0.4) is 0 Å². The maximum Gasteiger partial charge on any atom is 0.256 e. The number of benzene rings is 1. The zero-order valence-corrected chi connectivity index (χ0v) is 21.9. The van der Waals surface area contributed by atoms with Gasteiger partial charge in [0.2, 0.25) is 11.8 Å². The summed E-state index contributed by atoms with van der Waals surface area (Å²) in [6.45, 7) is 2.36. The Bertz CT molecular complexity index is 1560. The van der Waals surface area contributed by atoms with Crippen molar-refractivity contribution in [2.75, 3.05) is 17.6 Å². The van der Waals surface area contributed by atoms with Crippen LogP contribution in [0.4, 0.5) is 20.4 Å². The van der Waals surface area contributed by atoms with E-state index in [1.54, 1.807) is 66.0 Å². The lowest BCUT2D eigenvalue weighted by atomic mass is 9.79. The SMILES string of the molecule is C[C@@H]1CC[C@H](c2nc(-c3ccc(C(=O)Nc4ccccn4)cc3)c3c(N)nccn23)CN1C(=O)C1CC(F)(F)C1. The van der Waals surface area contributed by atoms with Crippen LogP contribution < -0.4 is 11.1 Å². The van der Waals surface area contributed by atoms with Crippen LogP contribution in [0, 0.1) is 5.92 Å². The number of nitrogens with two attached hydrogens (primary N) is 1. The highest BCUT2D eigenvalue weighted by atomic mass is 19.3. The van der Waals surface area contributed by atoms with Crippen molar-refractivity contribution in [3.63, 3.8) is 0 Å². The van der Waals surface area contributed by atoms with Crippen LogP contribution in [-0.2, 0) is 4.79 Å². The molecule has 0 unspecified atom stereocenters. The number of nitrogens with zero attached hydrogens (tertiary/aromatic N) is 5. The van der Waals surface area contributed by atoms with Gasteiger partial charge >= 0.3 is 0 Å². The van der Waals surface area contributed by atoms with Crippen molar-refractivity contribution in [3.05, 3.63) is 72.4 Å². The van der Waals surface area contributed by atoms with Gasteiger partial charge in [-0.25, -0.2) is 23.7 Å². The molecule has 40 heavy (non-hydrogen) atoms. The zero-order chi connectivity index (χ0) is 28.0. The molecule has 2 aliphatic rings. The Morgan fingerprint density at radius 1 is 1.05 bits per heavy atom. The molecule has 4 aromatic rings. The third-order valence-corrected chi connectivity index (χ3v) is 7.91. The summed E-state index contributed by atoms with van der Waals surface area (Å²) in [6.07, 6.45) is 5.77. The normalized spacial score (nSPS) is 20.7. The molecule has 3 aromatic heterocycles. The molecular weight excluding hydrogens is 516 g/mol. The third kappa shape index (κ3) is 4.76. The first kappa shape index (κ1) is 25.8. The average Bonchev–Trinajstić information content (AvgIpc) is 3.33. The second kappa shape index (κ2) is 9.96. The van der Waals surface area contributed by atoms with Gasteiger partial charge in [0.15, 0.2) is 0 Å². The summed E-state index contributed by atoms with van der Waals surface area (Å²) in [5, 5.41) is 2.77. The molecule has 2 atom stereocenters. The monoisotopic (exact) mass is 545 g/mol. The lowest BCUT2D eigenvalue weighted by Crippen LogP contribution is -2.52. The van der Waals surface area contributed by atoms with Gasteiger partial charge in [0.05, 0.1) is 0 Å². The lowest BCUT2D eigenvalue weighted by Gasteiger charge is -2.43. The Morgan fingerprint density at radius 3 is 2.52 bits per heavy atom. The number of imidazole rings is 1. The molecule has 9 nitrogen and oxygen atoms in total. The number of alkyl halides is 2. The Labute approximate surface area is 229 Å². The molecule has 1 aliphatic carbocycles. The number of anilines is 2. The molecule has 0 bridgehead atoms. The summed E-state index contributed by atoms with van der Waals surface area (Å²) in [7, 11) is 0. The molecular formula is C29H29F2N7O2. The highest BCUT2D eigenvalue weighted by molar-refractivity contribution is 6.04. The van der Waals surface area contributed by atoms with E-state index >= 15 is 0 Å². The predicted octanol–water partition coefficient (Wildman–Crippen LogP) is 4.77. The summed E-state index contributed by atoms with van der Waals surface area (Å²) >= 11 is 0. The maximum atomic E-state index is 13.5. The van der Waals surface area contributed by atoms with Gasteiger partial charge in [0.1, 0.15) is 28.7 Å². The van der Waals surface area contributed by atoms with Crippen molar-refractivity contribution in [3.8, 4) is 11.3 Å². The third-order valence-electron chi connectivity index (χ3n) is 7.91. The second-order valence-electron chi connectivity index (χ2n) is 10.7. The van der Waals surface area contributed by atoms with Gasteiger partial charge in [0, 0.05) is 67.0 Å². The first-order valence-corrected chi connectivity index (χ1v) is 13.3. The molecule has 206 valence electrons. The van der Waals surface area contributed by atoms with E-state index in [-0.39, 0.29) is 36.6 Å². The fourth-order valence-electron chi connectivity index (χ4n) is 5.68. The van der Waals surface area contributed by atoms with Gasteiger partial charge in [0.25, 0.3) is 5.91 Å². The van der Waals surface area contributed by atoms with Gasteiger partial charge in [-0.05, 0) is 44.0 Å². The van der Waals surface area contributed by atoms with Crippen molar-refractivity contribution < 1.29 is 18.4 Å². The van der Waals surface area contributed by atoms with Crippen LogP contribution in [0.25, 0.3) is 16.8 Å². The molecule has 6 rings (SSSR count). The quantitative estimate of drug-likeness (QED) is 0.373. The minimum absolute atomic E-state index is 0.0276. The maximum absolute atomic E-state index is 13.5. The predicted molar refractivity (Wildman–Crippen MR) is 146 cm³/mol. The van der Waals surface area contributed by atoms with Crippen LogP contribution in [0.15, 0.2) is 61.1 Å². The fourth-order valence-corrected chi connectivity index (χ4v) is 5.68. The zero-order valence-electron chi connectivity index (χ0n) is 21.9. The van der Waals surface area contributed by atoms with Crippen LogP contribution in [0.1, 0.15) is 54.7 Å². The molecule has 1 aromatic carbocycles. The summed E-state index contributed by atoms with van der Waals surface area (Å²) in [6, 6.07) is 12.3. The number of amides is 2. The molecule has 1 saturated carbocycles. The van der Waals surface area contributed by atoms with Crippen molar-refractivity contribution in [2.45, 2.75) is 50.5 Å². The van der Waals surface area contributed by atoms with Gasteiger partial charge < -0.3 is 16.0 Å². The highest BCUT2D eigenvalue weighted by Gasteiger charge is 2.50. The summed E-state index contributed by atoms with van der Waals surface area (Å²) in [5.74, 6) is -2.46. The van der Waals surface area contributed by atoms with Crippen LogP contribution in [0.2, 0.25) is 0 Å². The van der Waals surface area contributed by atoms with E-state index in [0.29, 0.717) is 35.0 Å². The molecule has 0 radical (unpaired) electrons. The largest absolute Gasteiger partial charge is 0.382 e. The van der Waals surface area contributed by atoms with Crippen molar-refractivity contribution >= 4 is 29.0 Å². The van der Waals surface area contributed by atoms with Gasteiger partial charge in [-0.3, -0.25) is 14.0 Å². The topological polar surface area (TPSA) is 119 Å². The number of fused-ring (bicyclic) bond motifs is 1. The molecule has 2 fully saturated rings. The number of nitrogen functional groups attached to an aromatic ring is 1. The number of piperidine rings is 1. The van der Waals surface area contributed by atoms with Gasteiger partial charge in [-0.15, -0.1) is 0 Å². The van der Waals surface area contributed by atoms with E-state index in [1.807, 2.05) is 11.3 Å². The van der Waals surface area contributed by atoms with Crippen LogP contribution in [0.5, 0.6) is 0 Å². The van der Waals surface area contributed by atoms with E-state index < -0.39 is 11.8 Å². The smallest absolute Gasteiger partial charge is 0.256 e. The minimum Gasteiger partial charge on any atom is -0.382 e. The number of nitrogens with one attached hydrogen (secondary N) is 1. The van der Waals surface area contributed by atoms with E-state index in [0.717, 1.165) is 24.2 Å². The number of carbonyl (C=O) groups is 2. The van der Waals surface area contributed by atoms with E-state index in [9.17, 15) is 18.4 Å². The summed E-state index contributed by atoms with van der Waals surface area (Å²) in [5.41, 5.74) is 8.78. The molecule has 0 spiro atoms. The Morgan fingerprint density at radius 2 is 1.82 bits per heavy atom. The fraction of sp³-hybridized carbons (Fsp3) is 0.345. The van der Waals surface area contributed by atoms with E-state index in [4.69, 9.17) is 10.7 Å². The Hall–Kier alpha value is -4.41. The van der Waals surface area contributed by atoms with E-state index in [1.165, 1.54) is 0 Å². The van der Waals surface area contributed by atoms with Gasteiger partial charge in [-0.1, -0.05) is 18.2 Å². The van der Waals surface area contributed by atoms with Gasteiger partial charge in [-0.2, -0.15) is 0 Å². The first-order valence-electron chi connectivity index (χ1n) is 13.3. The number of likely N-dealkylation sites (tertiary alicyclic amines) is 1. The molecule has 3 N–H and O–H groups in total. The minimum atomic E-state index is -2.74. The van der Waals surface area contributed by atoms with Crippen molar-refractivity contribution in [1.29, 1.82) is 0 Å². The first-order chi connectivity index (χ1) is 19.2. The number of hydrogen-bond acceptors (Lipinski definition) is 6. The Kier molecular flexibility index (Phi) is 6.44. The number of pyridine rings is 1. The Balaban J connectivity index is 1.28. The highest BCUT2D eigenvalue weighted by Crippen LogP contribution is 2.44. The number of hydrogen-bond donors (Lipinski definition) is 2. The molecule has 1 saturated heterocycles. The number of aromatic nitrogens is 4. The summed E-state index contributed by atoms with van der Waals surface area (Å²) in [4.78, 5) is 40.9. The molecule has 4 heterocycles. The van der Waals surface area contributed by atoms with Crippen LogP contribution in [-0.4, -0.2) is 54.6 Å². The van der Waals surface area contributed by atoms with E-state index in [2.05, 4.69) is 15.3 Å². The number of halogens is 2. The molecule has 2 amide bonds. The molecule has 11 heteroatoms.